The topological polar surface area (TPSA) is 157 Å². The second-order valence-electron chi connectivity index (χ2n) is 12.5. The van der Waals surface area contributed by atoms with Crippen LogP contribution < -0.4 is 10.0 Å². The van der Waals surface area contributed by atoms with E-state index in [1.165, 1.54) is 81.6 Å². The molecule has 2 heterocycles. The number of carbonyl (C=O) groups is 4. The van der Waals surface area contributed by atoms with Gasteiger partial charge in [0.1, 0.15) is 0 Å². The standard InChI is InChI=1S/C35H44ClN5O7S/c1-4-5-6-7-8-9-10-11-12-16-21-38-49(46,47)27-19-20-28(36)29(22-27)39-32(43)30(41-33(44)35(2,3)48-34(41)45)31(42)25-23-37-40(24-25)26-17-14-13-15-18-26/h13-15,17-20,22-24,30,38H,4-12,16,21H2,1-3H3,(H,39,43). The number of ketones is 1. The second kappa shape index (κ2) is 17.0. The van der Waals surface area contributed by atoms with E-state index in [-0.39, 0.29) is 27.7 Å². The number of unbranched alkanes of at least 4 members (excludes halogenated alkanes) is 9. The number of cyclic esters (lactones) is 1. The average Bonchev–Trinajstić information content (AvgIpc) is 3.64. The molecular weight excluding hydrogens is 670 g/mol. The quantitative estimate of drug-likeness (QED) is 0.0792. The molecule has 0 spiro atoms. The van der Waals surface area contributed by atoms with Gasteiger partial charge in [0.15, 0.2) is 17.4 Å². The van der Waals surface area contributed by atoms with Gasteiger partial charge in [-0.3, -0.25) is 14.4 Å². The van der Waals surface area contributed by atoms with Gasteiger partial charge in [0.2, 0.25) is 10.0 Å². The molecule has 1 atom stereocenters. The van der Waals surface area contributed by atoms with Gasteiger partial charge in [0.25, 0.3) is 11.8 Å². The van der Waals surface area contributed by atoms with E-state index in [1.54, 1.807) is 24.3 Å². The first-order chi connectivity index (χ1) is 23.4. The molecule has 3 amide bonds. The highest BCUT2D eigenvalue weighted by molar-refractivity contribution is 7.89. The summed E-state index contributed by atoms with van der Waals surface area (Å²) < 4.78 is 35.4. The largest absolute Gasteiger partial charge is 0.433 e. The molecule has 0 saturated carbocycles. The van der Waals surface area contributed by atoms with E-state index in [0.717, 1.165) is 25.3 Å². The third-order valence-corrected chi connectivity index (χ3v) is 10.0. The summed E-state index contributed by atoms with van der Waals surface area (Å²) in [6.45, 7) is 5.12. The van der Waals surface area contributed by atoms with Crippen LogP contribution in [0.5, 0.6) is 0 Å². The van der Waals surface area contributed by atoms with Crippen LogP contribution in [-0.4, -0.2) is 65.0 Å². The molecule has 12 nitrogen and oxygen atoms in total. The molecule has 0 bridgehead atoms. The van der Waals surface area contributed by atoms with E-state index >= 15 is 0 Å². The summed E-state index contributed by atoms with van der Waals surface area (Å²) in [5, 5.41) is 6.62. The molecule has 1 fully saturated rings. The fourth-order valence-corrected chi connectivity index (χ4v) is 6.73. The van der Waals surface area contributed by atoms with Crippen molar-refractivity contribution in [2.45, 2.75) is 102 Å². The molecular formula is C35H44ClN5O7S. The van der Waals surface area contributed by atoms with Gasteiger partial charge in [-0.15, -0.1) is 0 Å². The Bertz CT molecular complexity index is 1740. The van der Waals surface area contributed by atoms with E-state index in [1.807, 2.05) is 6.07 Å². The van der Waals surface area contributed by atoms with Crippen LogP contribution in [0, 0.1) is 0 Å². The van der Waals surface area contributed by atoms with Crippen LogP contribution >= 0.6 is 11.6 Å². The normalized spacial score (nSPS) is 14.9. The van der Waals surface area contributed by atoms with Crippen molar-refractivity contribution in [2.24, 2.45) is 0 Å². The zero-order valence-electron chi connectivity index (χ0n) is 28.1. The minimum Gasteiger partial charge on any atom is -0.433 e. The number of rotatable bonds is 19. The van der Waals surface area contributed by atoms with Gasteiger partial charge < -0.3 is 10.1 Å². The zero-order valence-corrected chi connectivity index (χ0v) is 29.7. The molecule has 2 N–H and O–H groups in total. The van der Waals surface area contributed by atoms with Crippen LogP contribution in [0.3, 0.4) is 0 Å². The molecule has 14 heteroatoms. The predicted octanol–water partition coefficient (Wildman–Crippen LogP) is 6.67. The summed E-state index contributed by atoms with van der Waals surface area (Å²) in [5.41, 5.74) is -1.19. The number of hydrogen-bond donors (Lipinski definition) is 2. The number of benzene rings is 2. The van der Waals surface area contributed by atoms with Crippen molar-refractivity contribution in [3.8, 4) is 5.69 Å². The Labute approximate surface area is 292 Å². The lowest BCUT2D eigenvalue weighted by molar-refractivity contribution is -0.137. The minimum atomic E-state index is -3.97. The van der Waals surface area contributed by atoms with Crippen LogP contribution in [-0.2, 0) is 24.3 Å². The third-order valence-electron chi connectivity index (χ3n) is 8.24. The smallest absolute Gasteiger partial charge is 0.418 e. The fraction of sp³-hybridized carbons (Fsp3) is 0.457. The second-order valence-corrected chi connectivity index (χ2v) is 14.7. The van der Waals surface area contributed by atoms with Crippen molar-refractivity contribution >= 4 is 51.0 Å². The number of nitrogens with one attached hydrogen (secondary N) is 2. The van der Waals surface area contributed by atoms with Crippen LogP contribution in [0.25, 0.3) is 5.69 Å². The summed E-state index contributed by atoms with van der Waals surface area (Å²) >= 11 is 6.35. The van der Waals surface area contributed by atoms with Crippen molar-refractivity contribution in [2.75, 3.05) is 11.9 Å². The highest BCUT2D eigenvalue weighted by atomic mass is 35.5. The maximum absolute atomic E-state index is 13.8. The molecule has 0 aliphatic carbocycles. The average molecular weight is 714 g/mol. The van der Waals surface area contributed by atoms with E-state index < -0.39 is 45.4 Å². The lowest BCUT2D eigenvalue weighted by atomic mass is 10.0. The fourth-order valence-electron chi connectivity index (χ4n) is 5.46. The summed E-state index contributed by atoms with van der Waals surface area (Å²) in [4.78, 5) is 54.0. The Balaban J connectivity index is 1.46. The molecule has 1 saturated heterocycles. The molecule has 1 aromatic heterocycles. The van der Waals surface area contributed by atoms with Crippen molar-refractivity contribution in [3.63, 3.8) is 0 Å². The number of sulfonamides is 1. The first kappa shape index (κ1) is 37.7. The number of nitrogens with zero attached hydrogens (tertiary/aromatic N) is 3. The number of Topliss-reactive ketones (excluding diaryl/α,β-unsaturated/α-hetero) is 1. The lowest BCUT2D eigenvalue weighted by Gasteiger charge is -2.23. The highest BCUT2D eigenvalue weighted by Crippen LogP contribution is 2.30. The number of anilines is 1. The summed E-state index contributed by atoms with van der Waals surface area (Å²) in [6, 6.07) is 10.6. The number of halogens is 1. The summed E-state index contributed by atoms with van der Waals surface area (Å²) in [7, 11) is -3.97. The maximum Gasteiger partial charge on any atom is 0.418 e. The van der Waals surface area contributed by atoms with Gasteiger partial charge in [0.05, 0.1) is 33.1 Å². The molecule has 1 aliphatic rings. The number of amides is 3. The maximum atomic E-state index is 13.8. The minimum absolute atomic E-state index is 0.0271. The predicted molar refractivity (Wildman–Crippen MR) is 186 cm³/mol. The molecule has 264 valence electrons. The number of ether oxygens (including phenoxy) is 1. The number of carbonyl (C=O) groups excluding carboxylic acids is 4. The van der Waals surface area contributed by atoms with Crippen LogP contribution in [0.4, 0.5) is 10.5 Å². The van der Waals surface area contributed by atoms with E-state index in [4.69, 9.17) is 16.3 Å². The van der Waals surface area contributed by atoms with Crippen molar-refractivity contribution in [3.05, 3.63) is 71.5 Å². The van der Waals surface area contributed by atoms with Crippen LogP contribution in [0.2, 0.25) is 5.02 Å². The lowest BCUT2D eigenvalue weighted by Crippen LogP contribution is -2.53. The monoisotopic (exact) mass is 713 g/mol. The Morgan fingerprint density at radius 1 is 0.939 bits per heavy atom. The molecule has 1 aliphatic heterocycles. The molecule has 3 aromatic rings. The van der Waals surface area contributed by atoms with Gasteiger partial charge in [-0.2, -0.15) is 5.10 Å². The third kappa shape index (κ3) is 9.77. The number of imide groups is 1. The van der Waals surface area contributed by atoms with E-state index in [9.17, 15) is 27.6 Å². The Morgan fingerprint density at radius 3 is 2.18 bits per heavy atom. The van der Waals surface area contributed by atoms with Gasteiger partial charge in [-0.05, 0) is 50.6 Å². The molecule has 49 heavy (non-hydrogen) atoms. The first-order valence-corrected chi connectivity index (χ1v) is 18.5. The van der Waals surface area contributed by atoms with Crippen molar-refractivity contribution in [1.82, 2.24) is 19.4 Å². The number of aromatic nitrogens is 2. The zero-order chi connectivity index (χ0) is 35.6. The summed E-state index contributed by atoms with van der Waals surface area (Å²) in [6.07, 6.45) is 12.6. The van der Waals surface area contributed by atoms with Crippen LogP contribution in [0.1, 0.15) is 95.3 Å². The number of hydrogen-bond acceptors (Lipinski definition) is 8. The SMILES string of the molecule is CCCCCCCCCCCCNS(=O)(=O)c1ccc(Cl)c(NC(=O)C(C(=O)c2cnn(-c3ccccc3)c2)N2C(=O)OC(C)(C)C2=O)c1. The van der Waals surface area contributed by atoms with E-state index in [2.05, 4.69) is 22.1 Å². The molecule has 0 radical (unpaired) electrons. The highest BCUT2D eigenvalue weighted by Gasteiger charge is 2.54. The Kier molecular flexibility index (Phi) is 13.1. The Hall–Kier alpha value is -4.07. The van der Waals surface area contributed by atoms with Crippen LogP contribution in [0.15, 0.2) is 65.8 Å². The number of para-hydroxylation sites is 1. The van der Waals surface area contributed by atoms with Gasteiger partial charge in [-0.25, -0.2) is 27.5 Å². The van der Waals surface area contributed by atoms with E-state index in [0.29, 0.717) is 17.0 Å². The Morgan fingerprint density at radius 2 is 1.57 bits per heavy atom. The molecule has 4 rings (SSSR count). The molecule has 1 unspecified atom stereocenters. The first-order valence-electron chi connectivity index (χ1n) is 16.7. The van der Waals surface area contributed by atoms with Gasteiger partial charge in [0, 0.05) is 12.7 Å². The van der Waals surface area contributed by atoms with Gasteiger partial charge in [-0.1, -0.05) is 94.5 Å². The molecule has 2 aromatic carbocycles. The van der Waals surface area contributed by atoms with Crippen molar-refractivity contribution < 1.29 is 32.3 Å². The van der Waals surface area contributed by atoms with Crippen molar-refractivity contribution in [1.29, 1.82) is 0 Å². The van der Waals surface area contributed by atoms with Gasteiger partial charge >= 0.3 is 6.09 Å². The summed E-state index contributed by atoms with van der Waals surface area (Å²) in [5.74, 6) is -2.92.